The highest BCUT2D eigenvalue weighted by molar-refractivity contribution is 5.95. The Kier molecular flexibility index (Phi) is 9.14. The Morgan fingerprint density at radius 3 is 1.07 bits per heavy atom. The lowest BCUT2D eigenvalue weighted by molar-refractivity contribution is 0.590. The number of para-hydroxylation sites is 2. The van der Waals surface area contributed by atoms with Gasteiger partial charge in [0.1, 0.15) is 0 Å². The molecule has 2 nitrogen and oxygen atoms in total. The highest BCUT2D eigenvalue weighted by Gasteiger charge is 2.47. The van der Waals surface area contributed by atoms with Crippen molar-refractivity contribution in [2.45, 2.75) is 105 Å². The van der Waals surface area contributed by atoms with Gasteiger partial charge in [-0.05, 0) is 164 Å². The summed E-state index contributed by atoms with van der Waals surface area (Å²) in [4.78, 5) is 4.90. The van der Waals surface area contributed by atoms with E-state index in [1.807, 2.05) is 0 Å². The van der Waals surface area contributed by atoms with Gasteiger partial charge in [0.05, 0.1) is 0 Å². The fraction of sp³-hybridized carbons (Fsp3) is 0.276. The van der Waals surface area contributed by atoms with Crippen LogP contribution in [0.5, 0.6) is 0 Å². The Labute approximate surface area is 359 Å². The molecule has 0 bridgehead atoms. The van der Waals surface area contributed by atoms with E-state index in [2.05, 4.69) is 238 Å². The molecular weight excluding hydrogens is 725 g/mol. The molecule has 0 unspecified atom stereocenters. The monoisotopic (exact) mass is 784 g/mol. The van der Waals surface area contributed by atoms with Crippen molar-refractivity contribution in [3.8, 4) is 22.3 Å². The van der Waals surface area contributed by atoms with E-state index in [-0.39, 0.29) is 21.7 Å². The maximum absolute atomic E-state index is 2.49. The molecule has 9 rings (SSSR count). The van der Waals surface area contributed by atoms with E-state index < -0.39 is 0 Å². The second kappa shape index (κ2) is 13.8. The lowest BCUT2D eigenvalue weighted by Crippen LogP contribution is -2.24. The van der Waals surface area contributed by atoms with Crippen molar-refractivity contribution in [1.29, 1.82) is 0 Å². The first-order valence-electron chi connectivity index (χ1n) is 21.8. The quantitative estimate of drug-likeness (QED) is 0.166. The van der Waals surface area contributed by atoms with Crippen LogP contribution >= 0.6 is 0 Å². The third-order valence-electron chi connectivity index (χ3n) is 13.5. The highest BCUT2D eigenvalue weighted by Crippen LogP contribution is 2.61. The van der Waals surface area contributed by atoms with Crippen LogP contribution in [0.3, 0.4) is 0 Å². The molecule has 0 amide bonds. The number of aryl methyl sites for hydroxylation is 2. The lowest BCUT2D eigenvalue weighted by Gasteiger charge is -2.32. The molecule has 0 saturated carbocycles. The summed E-state index contributed by atoms with van der Waals surface area (Å²) in [6.07, 6.45) is 0. The summed E-state index contributed by atoms with van der Waals surface area (Å²) in [6.45, 7) is 28.3. The molecule has 0 fully saturated rings. The maximum Gasteiger partial charge on any atom is 0.0467 e. The Morgan fingerprint density at radius 1 is 0.367 bits per heavy atom. The summed E-state index contributed by atoms with van der Waals surface area (Å²) in [7, 11) is 0. The summed E-state index contributed by atoms with van der Waals surface area (Å²) in [6, 6.07) is 54.6. The molecule has 0 aromatic heterocycles. The first-order chi connectivity index (χ1) is 28.4. The van der Waals surface area contributed by atoms with Gasteiger partial charge in [0.25, 0.3) is 0 Å². The molecule has 302 valence electrons. The summed E-state index contributed by atoms with van der Waals surface area (Å²) < 4.78 is 0. The van der Waals surface area contributed by atoms with Gasteiger partial charge in [-0.15, -0.1) is 0 Å². The SMILES string of the molecule is Cc1cc(N(c2ccccc2)c2cccc(C(C)(C)C)c2)cc2c1-c1ccc3c(c1C2(C)C)C(C)(C)c1cc(N(c2ccccc2)c2cccc(C(C)(C)C)c2)cc(C)c1-3. The smallest absolute Gasteiger partial charge is 0.0467 e. The van der Waals surface area contributed by atoms with Crippen molar-refractivity contribution in [2.75, 3.05) is 9.80 Å². The highest BCUT2D eigenvalue weighted by atomic mass is 15.1. The number of nitrogens with zero attached hydrogens (tertiary/aromatic N) is 2. The summed E-state index contributed by atoms with van der Waals surface area (Å²) in [5.74, 6) is 0. The van der Waals surface area contributed by atoms with Crippen LogP contribution in [0.1, 0.15) is 114 Å². The molecule has 0 heterocycles. The van der Waals surface area contributed by atoms with E-state index in [0.717, 1.165) is 11.4 Å². The van der Waals surface area contributed by atoms with Crippen LogP contribution in [0.4, 0.5) is 34.1 Å². The van der Waals surface area contributed by atoms with Crippen molar-refractivity contribution in [2.24, 2.45) is 0 Å². The normalized spacial score (nSPS) is 14.6. The minimum Gasteiger partial charge on any atom is -0.310 e. The van der Waals surface area contributed by atoms with Gasteiger partial charge in [0, 0.05) is 45.0 Å². The molecule has 60 heavy (non-hydrogen) atoms. The van der Waals surface area contributed by atoms with Crippen LogP contribution in [0.15, 0.2) is 146 Å². The predicted molar refractivity (Wildman–Crippen MR) is 258 cm³/mol. The molecule has 0 atom stereocenters. The molecule has 0 radical (unpaired) electrons. The van der Waals surface area contributed by atoms with E-state index in [0.29, 0.717) is 0 Å². The van der Waals surface area contributed by atoms with Gasteiger partial charge in [0.2, 0.25) is 0 Å². The minimum absolute atomic E-state index is 0.0386. The molecule has 0 N–H and O–H groups in total. The zero-order valence-corrected chi connectivity index (χ0v) is 37.8. The van der Waals surface area contributed by atoms with Crippen molar-refractivity contribution in [3.63, 3.8) is 0 Å². The van der Waals surface area contributed by atoms with Crippen LogP contribution in [0.25, 0.3) is 22.3 Å². The summed E-state index contributed by atoms with van der Waals surface area (Å²) in [5, 5.41) is 0. The van der Waals surface area contributed by atoms with E-state index >= 15 is 0 Å². The molecule has 7 aromatic carbocycles. The molecule has 0 spiro atoms. The van der Waals surface area contributed by atoms with Gasteiger partial charge in [-0.1, -0.05) is 142 Å². The third kappa shape index (κ3) is 6.30. The largest absolute Gasteiger partial charge is 0.310 e. The van der Waals surface area contributed by atoms with Crippen LogP contribution in [0, 0.1) is 13.8 Å². The van der Waals surface area contributed by atoms with E-state index in [1.54, 1.807) is 0 Å². The first-order valence-corrected chi connectivity index (χ1v) is 21.8. The molecule has 2 heteroatoms. The van der Waals surface area contributed by atoms with Crippen molar-refractivity contribution in [1.82, 2.24) is 0 Å². The number of anilines is 6. The number of hydrogen-bond donors (Lipinski definition) is 0. The average Bonchev–Trinajstić information content (AvgIpc) is 3.58. The van der Waals surface area contributed by atoms with Crippen molar-refractivity contribution < 1.29 is 0 Å². The van der Waals surface area contributed by atoms with Gasteiger partial charge >= 0.3 is 0 Å². The minimum atomic E-state index is -0.230. The molecule has 2 aliphatic rings. The number of rotatable bonds is 6. The Hall–Kier alpha value is -5.86. The fourth-order valence-electron chi connectivity index (χ4n) is 10.4. The van der Waals surface area contributed by atoms with Crippen molar-refractivity contribution >= 4 is 34.1 Å². The van der Waals surface area contributed by atoms with Crippen LogP contribution in [0.2, 0.25) is 0 Å². The van der Waals surface area contributed by atoms with Crippen LogP contribution in [-0.2, 0) is 21.7 Å². The summed E-state index contributed by atoms with van der Waals surface area (Å²) in [5.41, 5.74) is 23.2. The topological polar surface area (TPSA) is 6.48 Å². The molecule has 0 saturated heterocycles. The van der Waals surface area contributed by atoms with Crippen LogP contribution in [-0.4, -0.2) is 0 Å². The first kappa shape index (κ1) is 39.6. The lowest BCUT2D eigenvalue weighted by atomic mass is 9.72. The Morgan fingerprint density at radius 2 is 0.717 bits per heavy atom. The van der Waals surface area contributed by atoms with E-state index in [4.69, 9.17) is 0 Å². The molecule has 7 aromatic rings. The van der Waals surface area contributed by atoms with E-state index in [9.17, 15) is 0 Å². The predicted octanol–water partition coefficient (Wildman–Crippen LogP) is 16.5. The van der Waals surface area contributed by atoms with Gasteiger partial charge in [0.15, 0.2) is 0 Å². The van der Waals surface area contributed by atoms with E-state index in [1.165, 1.54) is 89.5 Å². The second-order valence-corrected chi connectivity index (χ2v) is 20.5. The van der Waals surface area contributed by atoms with Gasteiger partial charge < -0.3 is 9.80 Å². The Balaban J connectivity index is 1.19. The maximum atomic E-state index is 2.49. The van der Waals surface area contributed by atoms with Gasteiger partial charge in [-0.3, -0.25) is 0 Å². The fourth-order valence-corrected chi connectivity index (χ4v) is 10.4. The molecule has 2 aliphatic carbocycles. The van der Waals surface area contributed by atoms with Gasteiger partial charge in [-0.2, -0.15) is 0 Å². The zero-order valence-electron chi connectivity index (χ0n) is 37.8. The number of fused-ring (bicyclic) bond motifs is 7. The number of hydrogen-bond acceptors (Lipinski definition) is 2. The summed E-state index contributed by atoms with van der Waals surface area (Å²) >= 11 is 0. The third-order valence-corrected chi connectivity index (χ3v) is 13.5. The second-order valence-electron chi connectivity index (χ2n) is 20.5. The zero-order chi connectivity index (χ0) is 42.5. The molecular formula is C58H60N2. The Bertz CT molecular complexity index is 2600. The van der Waals surface area contributed by atoms with Gasteiger partial charge in [-0.25, -0.2) is 0 Å². The van der Waals surface area contributed by atoms with Crippen LogP contribution < -0.4 is 9.80 Å². The average molecular weight is 785 g/mol. The molecule has 0 aliphatic heterocycles. The number of benzene rings is 7. The standard InChI is InChI=1S/C58H60N2/c1-37-31-45(59(41-23-15-13-16-24-41)43-27-19-21-39(33-43)55(3,4)5)35-49-51(37)47-29-30-48-52-38(2)32-46(36-50(52)58(11,12)54(48)53(47)57(49,9)10)60(42-25-17-14-18-26-42)44-28-20-22-40(34-44)56(6,7)8/h13-36H,1-12H3. The van der Waals surface area contributed by atoms with Crippen molar-refractivity contribution in [3.05, 3.63) is 190 Å².